The first-order chi connectivity index (χ1) is 9.50. The average Bonchev–Trinajstić information content (AvgIpc) is 2.46. The Balaban J connectivity index is 2.22. The number of rotatable bonds is 3. The third-order valence-electron chi connectivity index (χ3n) is 3.26. The summed E-state index contributed by atoms with van der Waals surface area (Å²) in [5, 5.41) is 0.634. The molecule has 2 aromatic rings. The smallest absolute Gasteiger partial charge is 0.257 e. The molecule has 2 rings (SSSR count). The third kappa shape index (κ3) is 2.96. The van der Waals surface area contributed by atoms with Gasteiger partial charge in [-0.25, -0.2) is 4.39 Å². The van der Waals surface area contributed by atoms with Gasteiger partial charge >= 0.3 is 0 Å². The van der Waals surface area contributed by atoms with Crippen molar-refractivity contribution in [3.63, 3.8) is 0 Å². The molecule has 1 aromatic heterocycles. The number of hydrogen-bond acceptors (Lipinski definition) is 2. The zero-order valence-electron chi connectivity index (χ0n) is 11.2. The van der Waals surface area contributed by atoms with E-state index in [1.54, 1.807) is 19.2 Å². The largest absolute Gasteiger partial charge is 0.335 e. The molecule has 1 atom stereocenters. The summed E-state index contributed by atoms with van der Waals surface area (Å²) < 4.78 is 13.6. The first-order valence-electron chi connectivity index (χ1n) is 6.13. The molecule has 3 nitrogen and oxygen atoms in total. The van der Waals surface area contributed by atoms with Crippen molar-refractivity contribution >= 4 is 17.5 Å². The zero-order valence-corrected chi connectivity index (χ0v) is 11.9. The molecular formula is C15H14ClFN2O. The minimum atomic E-state index is -0.618. The number of benzene rings is 1. The number of halogens is 2. The van der Waals surface area contributed by atoms with Gasteiger partial charge in [0.15, 0.2) is 5.82 Å². The van der Waals surface area contributed by atoms with Gasteiger partial charge < -0.3 is 4.90 Å². The van der Waals surface area contributed by atoms with E-state index in [1.807, 2.05) is 19.1 Å². The second kappa shape index (κ2) is 6.01. The second-order valence-electron chi connectivity index (χ2n) is 4.50. The fraction of sp³-hybridized carbons (Fsp3) is 0.200. The predicted octanol–water partition coefficient (Wildman–Crippen LogP) is 3.71. The Hall–Kier alpha value is -1.94. The Morgan fingerprint density at radius 1 is 1.30 bits per heavy atom. The number of pyridine rings is 1. The topological polar surface area (TPSA) is 33.2 Å². The highest BCUT2D eigenvalue weighted by Gasteiger charge is 2.21. The molecule has 0 aliphatic carbocycles. The van der Waals surface area contributed by atoms with Crippen LogP contribution in [0.1, 0.15) is 28.9 Å². The molecule has 1 unspecified atom stereocenters. The van der Waals surface area contributed by atoms with E-state index in [0.717, 1.165) is 11.8 Å². The van der Waals surface area contributed by atoms with Gasteiger partial charge in [-0.2, -0.15) is 0 Å². The fourth-order valence-corrected chi connectivity index (χ4v) is 2.01. The number of aromatic nitrogens is 1. The van der Waals surface area contributed by atoms with Crippen LogP contribution >= 0.6 is 11.6 Å². The Morgan fingerprint density at radius 2 is 1.95 bits per heavy atom. The average molecular weight is 293 g/mol. The minimum absolute atomic E-state index is 0.0170. The van der Waals surface area contributed by atoms with Crippen molar-refractivity contribution in [2.75, 3.05) is 7.05 Å². The Labute approximate surface area is 122 Å². The highest BCUT2D eigenvalue weighted by molar-refractivity contribution is 6.30. The standard InChI is InChI=1S/C15H14ClFN2O/c1-10(11-3-5-12(16)6-4-11)19(2)15(20)13-7-8-18-9-14(13)17/h3-10H,1-2H3. The van der Waals surface area contributed by atoms with Crippen molar-refractivity contribution in [2.24, 2.45) is 0 Å². The van der Waals surface area contributed by atoms with Gasteiger partial charge in [0.2, 0.25) is 0 Å². The van der Waals surface area contributed by atoms with Crippen LogP contribution in [0.3, 0.4) is 0 Å². The van der Waals surface area contributed by atoms with Crippen molar-refractivity contribution in [3.05, 3.63) is 64.7 Å². The lowest BCUT2D eigenvalue weighted by molar-refractivity contribution is 0.0737. The third-order valence-corrected chi connectivity index (χ3v) is 3.51. The summed E-state index contributed by atoms with van der Waals surface area (Å²) in [6.45, 7) is 1.88. The molecule has 0 fully saturated rings. The van der Waals surface area contributed by atoms with Crippen molar-refractivity contribution < 1.29 is 9.18 Å². The number of carbonyl (C=O) groups is 1. The van der Waals surface area contributed by atoms with Gasteiger partial charge in [0.1, 0.15) is 0 Å². The molecule has 20 heavy (non-hydrogen) atoms. The van der Waals surface area contributed by atoms with Gasteiger partial charge in [-0.05, 0) is 30.7 Å². The molecule has 0 bridgehead atoms. The number of nitrogens with zero attached hydrogens (tertiary/aromatic N) is 2. The maximum Gasteiger partial charge on any atom is 0.257 e. The van der Waals surface area contributed by atoms with Crippen LogP contribution in [0.5, 0.6) is 0 Å². The molecule has 1 aromatic carbocycles. The highest BCUT2D eigenvalue weighted by atomic mass is 35.5. The van der Waals surface area contributed by atoms with Gasteiger partial charge in [-0.3, -0.25) is 9.78 Å². The summed E-state index contributed by atoms with van der Waals surface area (Å²) in [5.74, 6) is -1.000. The molecule has 0 aliphatic heterocycles. The second-order valence-corrected chi connectivity index (χ2v) is 4.94. The summed E-state index contributed by atoms with van der Waals surface area (Å²) in [7, 11) is 1.64. The molecule has 104 valence electrons. The lowest BCUT2D eigenvalue weighted by Gasteiger charge is -2.25. The van der Waals surface area contributed by atoms with E-state index < -0.39 is 5.82 Å². The molecule has 0 saturated carbocycles. The van der Waals surface area contributed by atoms with Gasteiger partial charge in [-0.15, -0.1) is 0 Å². The molecule has 0 N–H and O–H groups in total. The molecule has 0 spiro atoms. The number of carbonyl (C=O) groups excluding carboxylic acids is 1. The Morgan fingerprint density at radius 3 is 2.55 bits per heavy atom. The lowest BCUT2D eigenvalue weighted by Crippen LogP contribution is -2.30. The summed E-state index contributed by atoms with van der Waals surface area (Å²) in [6, 6.07) is 8.41. The Kier molecular flexibility index (Phi) is 4.35. The monoisotopic (exact) mass is 292 g/mol. The van der Waals surface area contributed by atoms with Crippen molar-refractivity contribution in [2.45, 2.75) is 13.0 Å². The van der Waals surface area contributed by atoms with Crippen LogP contribution in [-0.4, -0.2) is 22.8 Å². The molecule has 0 radical (unpaired) electrons. The Bertz CT molecular complexity index is 616. The SMILES string of the molecule is CC(c1ccc(Cl)cc1)N(C)C(=O)c1ccncc1F. The molecule has 1 amide bonds. The minimum Gasteiger partial charge on any atom is -0.335 e. The van der Waals surface area contributed by atoms with E-state index in [2.05, 4.69) is 4.98 Å². The first kappa shape index (κ1) is 14.5. The number of amides is 1. The van der Waals surface area contributed by atoms with E-state index in [1.165, 1.54) is 17.2 Å². The quantitative estimate of drug-likeness (QED) is 0.864. The number of hydrogen-bond donors (Lipinski definition) is 0. The summed E-state index contributed by atoms with van der Waals surface area (Å²) >= 11 is 5.84. The molecule has 1 heterocycles. The summed E-state index contributed by atoms with van der Waals surface area (Å²) in [4.78, 5) is 17.4. The van der Waals surface area contributed by atoms with E-state index in [4.69, 9.17) is 11.6 Å². The molecule has 0 aliphatic rings. The highest BCUT2D eigenvalue weighted by Crippen LogP contribution is 2.22. The van der Waals surface area contributed by atoms with Crippen LogP contribution in [0.4, 0.5) is 4.39 Å². The maximum absolute atomic E-state index is 13.6. The fourth-order valence-electron chi connectivity index (χ4n) is 1.88. The van der Waals surface area contributed by atoms with E-state index in [9.17, 15) is 9.18 Å². The van der Waals surface area contributed by atoms with Crippen LogP contribution in [0.25, 0.3) is 0 Å². The first-order valence-corrected chi connectivity index (χ1v) is 6.50. The van der Waals surface area contributed by atoms with E-state index >= 15 is 0 Å². The molecule has 5 heteroatoms. The van der Waals surface area contributed by atoms with Crippen molar-refractivity contribution in [3.8, 4) is 0 Å². The lowest BCUT2D eigenvalue weighted by atomic mass is 10.1. The van der Waals surface area contributed by atoms with Gasteiger partial charge in [0.05, 0.1) is 17.8 Å². The normalized spacial score (nSPS) is 12.0. The molecule has 0 saturated heterocycles. The van der Waals surface area contributed by atoms with Crippen molar-refractivity contribution in [1.82, 2.24) is 9.88 Å². The van der Waals surface area contributed by atoms with Crippen LogP contribution in [-0.2, 0) is 0 Å². The summed E-state index contributed by atoms with van der Waals surface area (Å²) in [5.41, 5.74) is 0.947. The van der Waals surface area contributed by atoms with Crippen molar-refractivity contribution in [1.29, 1.82) is 0 Å². The summed E-state index contributed by atoms with van der Waals surface area (Å²) in [6.07, 6.45) is 2.44. The van der Waals surface area contributed by atoms with Gasteiger partial charge in [0.25, 0.3) is 5.91 Å². The van der Waals surface area contributed by atoms with Gasteiger partial charge in [-0.1, -0.05) is 23.7 Å². The van der Waals surface area contributed by atoms with Crippen LogP contribution in [0.15, 0.2) is 42.7 Å². The van der Waals surface area contributed by atoms with Crippen LogP contribution in [0.2, 0.25) is 5.02 Å². The maximum atomic E-state index is 13.6. The van der Waals surface area contributed by atoms with Crippen LogP contribution < -0.4 is 0 Å². The van der Waals surface area contributed by atoms with E-state index in [0.29, 0.717) is 5.02 Å². The molecular weight excluding hydrogens is 279 g/mol. The van der Waals surface area contributed by atoms with Crippen LogP contribution in [0, 0.1) is 5.82 Å². The van der Waals surface area contributed by atoms with E-state index in [-0.39, 0.29) is 17.5 Å². The van der Waals surface area contributed by atoms with Gasteiger partial charge in [0, 0.05) is 18.3 Å². The predicted molar refractivity (Wildman–Crippen MR) is 76.2 cm³/mol. The zero-order chi connectivity index (χ0) is 14.7.